The molecule has 1 unspecified atom stereocenters. The first-order valence-electron chi connectivity index (χ1n) is 13.6. The van der Waals surface area contributed by atoms with Gasteiger partial charge in [-0.05, 0) is 56.0 Å². The van der Waals surface area contributed by atoms with Crippen molar-refractivity contribution in [2.75, 3.05) is 5.32 Å². The molecule has 3 aromatic rings. The fourth-order valence-electron chi connectivity index (χ4n) is 3.99. The van der Waals surface area contributed by atoms with Crippen molar-refractivity contribution in [3.63, 3.8) is 0 Å². The molecule has 0 fully saturated rings. The van der Waals surface area contributed by atoms with E-state index in [-0.39, 0.29) is 28.9 Å². The first kappa shape index (κ1) is 30.6. The minimum absolute atomic E-state index is 0.0386. The smallest absolute Gasteiger partial charge is 0.338 e. The summed E-state index contributed by atoms with van der Waals surface area (Å²) in [7, 11) is 0. The summed E-state index contributed by atoms with van der Waals surface area (Å²) in [6, 6.07) is 15.7. The summed E-state index contributed by atoms with van der Waals surface area (Å²) in [6.45, 7) is 14.0. The summed E-state index contributed by atoms with van der Waals surface area (Å²) in [5, 5.41) is 13.2. The van der Waals surface area contributed by atoms with Crippen molar-refractivity contribution < 1.29 is 19.4 Å². The van der Waals surface area contributed by atoms with Gasteiger partial charge >= 0.3 is 5.97 Å². The number of nitrogens with zero attached hydrogens (tertiary/aromatic N) is 1. The second kappa shape index (κ2) is 14.9. The SMILES string of the molecule is CCC.CCc1c(N[C@@H](CC)c2ccc(Oc3ccc(C)cc3)cc2)ncc(C(=O)O)c1C(=O)C(C)CC. The number of rotatable bonds is 11. The Labute approximate surface area is 227 Å². The third kappa shape index (κ3) is 7.91. The van der Waals surface area contributed by atoms with E-state index < -0.39 is 5.97 Å². The summed E-state index contributed by atoms with van der Waals surface area (Å²) < 4.78 is 5.94. The number of nitrogens with one attached hydrogen (secondary N) is 1. The van der Waals surface area contributed by atoms with E-state index in [2.05, 4.69) is 31.1 Å². The largest absolute Gasteiger partial charge is 0.478 e. The van der Waals surface area contributed by atoms with Gasteiger partial charge in [0.05, 0.1) is 11.6 Å². The monoisotopic (exact) mass is 518 g/mol. The lowest BCUT2D eigenvalue weighted by atomic mass is 9.89. The normalized spacial score (nSPS) is 12.1. The third-order valence-electron chi connectivity index (χ3n) is 6.33. The van der Waals surface area contributed by atoms with E-state index in [0.29, 0.717) is 24.2 Å². The topological polar surface area (TPSA) is 88.5 Å². The van der Waals surface area contributed by atoms with Gasteiger partial charge in [-0.1, -0.05) is 77.8 Å². The quantitative estimate of drug-likeness (QED) is 0.247. The van der Waals surface area contributed by atoms with Crippen LogP contribution in [0.1, 0.15) is 104 Å². The summed E-state index contributed by atoms with van der Waals surface area (Å²) in [5.41, 5.74) is 3.10. The molecule has 0 bridgehead atoms. The Hall–Kier alpha value is -3.67. The van der Waals surface area contributed by atoms with Gasteiger partial charge in [0.1, 0.15) is 17.3 Å². The maximum atomic E-state index is 13.1. The lowest BCUT2D eigenvalue weighted by Gasteiger charge is -2.23. The van der Waals surface area contributed by atoms with E-state index in [0.717, 1.165) is 23.5 Å². The van der Waals surface area contributed by atoms with Crippen LogP contribution in [0.15, 0.2) is 54.7 Å². The maximum absolute atomic E-state index is 13.1. The van der Waals surface area contributed by atoms with Crippen molar-refractivity contribution in [2.45, 2.75) is 80.2 Å². The van der Waals surface area contributed by atoms with Gasteiger partial charge in [0.2, 0.25) is 0 Å². The van der Waals surface area contributed by atoms with Crippen molar-refractivity contribution in [1.29, 1.82) is 0 Å². The summed E-state index contributed by atoms with van der Waals surface area (Å²) in [4.78, 5) is 29.4. The molecule has 0 aliphatic heterocycles. The fraction of sp³-hybridized carbons (Fsp3) is 0.406. The van der Waals surface area contributed by atoms with Crippen LogP contribution < -0.4 is 10.1 Å². The van der Waals surface area contributed by atoms with Crippen LogP contribution in [0.25, 0.3) is 0 Å². The Balaban J connectivity index is 0.00000161. The van der Waals surface area contributed by atoms with Gasteiger partial charge in [0, 0.05) is 23.2 Å². The van der Waals surface area contributed by atoms with Crippen LogP contribution in [0.4, 0.5) is 5.82 Å². The second-order valence-corrected chi connectivity index (χ2v) is 9.50. The minimum atomic E-state index is -1.14. The number of carboxylic acid groups (broad SMARTS) is 1. The summed E-state index contributed by atoms with van der Waals surface area (Å²) in [6.07, 6.45) is 4.46. The van der Waals surface area contributed by atoms with Crippen molar-refractivity contribution in [2.24, 2.45) is 5.92 Å². The number of aromatic carboxylic acids is 1. The second-order valence-electron chi connectivity index (χ2n) is 9.50. The van der Waals surface area contributed by atoms with E-state index in [1.807, 2.05) is 76.2 Å². The van der Waals surface area contributed by atoms with Gasteiger partial charge in [-0.15, -0.1) is 0 Å². The highest BCUT2D eigenvalue weighted by atomic mass is 16.5. The molecule has 3 rings (SSSR count). The number of aromatic nitrogens is 1. The van der Waals surface area contributed by atoms with Crippen LogP contribution in [0.3, 0.4) is 0 Å². The number of hydrogen-bond donors (Lipinski definition) is 2. The molecular formula is C32H42N2O4. The zero-order chi connectivity index (χ0) is 28.2. The van der Waals surface area contributed by atoms with Crippen molar-refractivity contribution in [3.05, 3.63) is 82.5 Å². The van der Waals surface area contributed by atoms with Crippen molar-refractivity contribution >= 4 is 17.6 Å². The molecule has 0 amide bonds. The number of ether oxygens (including phenoxy) is 1. The Kier molecular flexibility index (Phi) is 12.0. The molecule has 0 radical (unpaired) electrons. The zero-order valence-electron chi connectivity index (χ0n) is 23.8. The van der Waals surface area contributed by atoms with Gasteiger partial charge in [-0.2, -0.15) is 0 Å². The summed E-state index contributed by atoms with van der Waals surface area (Å²) in [5.74, 6) is 0.515. The molecule has 6 heteroatoms. The van der Waals surface area contributed by atoms with Crippen molar-refractivity contribution in [3.8, 4) is 11.5 Å². The van der Waals surface area contributed by atoms with Gasteiger partial charge in [-0.25, -0.2) is 9.78 Å². The van der Waals surface area contributed by atoms with Gasteiger partial charge in [0.15, 0.2) is 5.78 Å². The first-order valence-corrected chi connectivity index (χ1v) is 13.6. The number of Topliss-reactive ketones (excluding diaryl/α,β-unsaturated/α-hetero) is 1. The Morgan fingerprint density at radius 2 is 1.47 bits per heavy atom. The molecular weight excluding hydrogens is 476 g/mol. The lowest BCUT2D eigenvalue weighted by Crippen LogP contribution is -2.21. The Morgan fingerprint density at radius 1 is 0.921 bits per heavy atom. The molecule has 204 valence electrons. The first-order chi connectivity index (χ1) is 18.2. The highest BCUT2D eigenvalue weighted by molar-refractivity contribution is 6.08. The highest BCUT2D eigenvalue weighted by Gasteiger charge is 2.27. The Bertz CT molecular complexity index is 1190. The molecule has 2 N–H and O–H groups in total. The van der Waals surface area contributed by atoms with Gasteiger partial charge < -0.3 is 15.2 Å². The van der Waals surface area contributed by atoms with Crippen LogP contribution >= 0.6 is 0 Å². The zero-order valence-corrected chi connectivity index (χ0v) is 23.8. The predicted octanol–water partition coefficient (Wildman–Crippen LogP) is 8.65. The molecule has 1 heterocycles. The lowest BCUT2D eigenvalue weighted by molar-refractivity contribution is 0.0689. The number of aryl methyl sites for hydroxylation is 1. The Morgan fingerprint density at radius 3 is 1.95 bits per heavy atom. The molecule has 38 heavy (non-hydrogen) atoms. The third-order valence-corrected chi connectivity index (χ3v) is 6.33. The van der Waals surface area contributed by atoms with Crippen molar-refractivity contribution in [1.82, 2.24) is 4.98 Å². The molecule has 1 aromatic heterocycles. The molecule has 6 nitrogen and oxygen atoms in total. The number of carboxylic acids is 1. The van der Waals surface area contributed by atoms with E-state index in [1.165, 1.54) is 18.2 Å². The number of hydrogen-bond acceptors (Lipinski definition) is 5. The van der Waals surface area contributed by atoms with Crippen LogP contribution in [0.5, 0.6) is 11.5 Å². The average molecular weight is 519 g/mol. The predicted molar refractivity (Wildman–Crippen MR) is 155 cm³/mol. The number of benzene rings is 2. The number of anilines is 1. The molecule has 0 aliphatic carbocycles. The molecule has 2 atom stereocenters. The van der Waals surface area contributed by atoms with Gasteiger partial charge in [0.25, 0.3) is 0 Å². The molecule has 0 saturated carbocycles. The average Bonchev–Trinajstić information content (AvgIpc) is 2.92. The number of pyridine rings is 1. The number of ketones is 1. The van der Waals surface area contributed by atoms with Crippen LogP contribution in [-0.2, 0) is 6.42 Å². The van der Waals surface area contributed by atoms with Crippen LogP contribution in [0, 0.1) is 12.8 Å². The van der Waals surface area contributed by atoms with Gasteiger partial charge in [-0.3, -0.25) is 4.79 Å². The minimum Gasteiger partial charge on any atom is -0.478 e. The summed E-state index contributed by atoms with van der Waals surface area (Å²) >= 11 is 0. The molecule has 2 aromatic carbocycles. The van der Waals surface area contributed by atoms with E-state index in [9.17, 15) is 14.7 Å². The van der Waals surface area contributed by atoms with Crippen LogP contribution in [0.2, 0.25) is 0 Å². The highest BCUT2D eigenvalue weighted by Crippen LogP contribution is 2.31. The van der Waals surface area contributed by atoms with E-state index in [1.54, 1.807) is 0 Å². The maximum Gasteiger partial charge on any atom is 0.338 e. The number of carbonyl (C=O) groups excluding carboxylic acids is 1. The molecule has 0 aliphatic rings. The molecule has 0 spiro atoms. The van der Waals surface area contributed by atoms with Crippen LogP contribution in [-0.4, -0.2) is 21.8 Å². The standard InChI is InChI=1S/C29H34N2O4.C3H8/c1-6-19(5)27(32)26-23(7-2)28(30-17-24(26)29(33)34)31-25(8-3)20-11-15-22(16-12-20)35-21-13-9-18(4)10-14-21;1-3-2/h9-17,19,25H,6-8H2,1-5H3,(H,30,31)(H,33,34);3H2,1-2H3/t19?,25-;/m0./s1. The number of carbonyl (C=O) groups is 2. The van der Waals surface area contributed by atoms with E-state index >= 15 is 0 Å². The fourth-order valence-corrected chi connectivity index (χ4v) is 3.99. The molecule has 0 saturated heterocycles. The van der Waals surface area contributed by atoms with E-state index in [4.69, 9.17) is 4.74 Å².